The zero-order valence-electron chi connectivity index (χ0n) is 7.84. The summed E-state index contributed by atoms with van der Waals surface area (Å²) in [4.78, 5) is 0. The van der Waals surface area contributed by atoms with Crippen LogP contribution < -0.4 is 0 Å². The van der Waals surface area contributed by atoms with Gasteiger partial charge in [-0.25, -0.2) is 0 Å². The number of unbranched alkanes of at least 4 members (excludes halogenated alkanes) is 2. The fraction of sp³-hybridized carbons (Fsp3) is 0.636. The maximum Gasteiger partial charge on any atom is -0.0169 e. The molecule has 0 atom stereocenters. The Labute approximate surface area is 71.0 Å². The van der Waals surface area contributed by atoms with E-state index in [4.69, 9.17) is 0 Å². The van der Waals surface area contributed by atoms with E-state index in [0.29, 0.717) is 0 Å². The summed E-state index contributed by atoms with van der Waals surface area (Å²) in [5.41, 5.74) is 0. The molecule has 0 nitrogen and oxygen atoms in total. The number of hydrogen-bond donors (Lipinski definition) is 0. The zero-order chi connectivity index (χ0) is 8.36. The Morgan fingerprint density at radius 2 is 1.18 bits per heavy atom. The lowest BCUT2D eigenvalue weighted by Crippen LogP contribution is -1.64. The number of allylic oxidation sites excluding steroid dienone is 4. The van der Waals surface area contributed by atoms with Crippen LogP contribution in [0.3, 0.4) is 0 Å². The van der Waals surface area contributed by atoms with Gasteiger partial charge in [0, 0.05) is 0 Å². The fourth-order valence-corrected chi connectivity index (χ4v) is 0.840. The minimum atomic E-state index is 1.11. The van der Waals surface area contributed by atoms with Crippen molar-refractivity contribution in [3.63, 3.8) is 0 Å². The van der Waals surface area contributed by atoms with Crippen LogP contribution in [0.25, 0.3) is 0 Å². The molecule has 0 unspecified atom stereocenters. The average Bonchev–Trinajstić information content (AvgIpc) is 2.03. The van der Waals surface area contributed by atoms with E-state index in [1.54, 1.807) is 0 Å². The van der Waals surface area contributed by atoms with Gasteiger partial charge in [0.1, 0.15) is 0 Å². The molecule has 0 saturated carbocycles. The molecular formula is C11H20. The maximum absolute atomic E-state index is 2.26. The van der Waals surface area contributed by atoms with E-state index in [2.05, 4.69) is 38.2 Å². The van der Waals surface area contributed by atoms with Crippen LogP contribution in [-0.2, 0) is 0 Å². The smallest absolute Gasteiger partial charge is 0.0169 e. The van der Waals surface area contributed by atoms with E-state index >= 15 is 0 Å². The summed E-state index contributed by atoms with van der Waals surface area (Å²) in [6.45, 7) is 4.41. The summed E-state index contributed by atoms with van der Waals surface area (Å²) in [5, 5.41) is 0. The summed E-state index contributed by atoms with van der Waals surface area (Å²) in [6.07, 6.45) is 15.1. The molecule has 0 aromatic heterocycles. The second-order valence-electron chi connectivity index (χ2n) is 2.76. The number of hydrogen-bond acceptors (Lipinski definition) is 0. The van der Waals surface area contributed by atoms with Gasteiger partial charge in [-0.1, -0.05) is 51.0 Å². The molecule has 0 aromatic rings. The van der Waals surface area contributed by atoms with Gasteiger partial charge in [-0.3, -0.25) is 0 Å². The fourth-order valence-electron chi connectivity index (χ4n) is 0.840. The predicted molar refractivity (Wildman–Crippen MR) is 52.7 cm³/mol. The summed E-state index contributed by atoms with van der Waals surface area (Å²) >= 11 is 0. The first-order valence-corrected chi connectivity index (χ1v) is 4.71. The summed E-state index contributed by atoms with van der Waals surface area (Å²) in [6, 6.07) is 0. The van der Waals surface area contributed by atoms with E-state index in [0.717, 1.165) is 6.42 Å². The standard InChI is InChI=1S/C11H20/c1-3-5-7-9-11-10-8-6-4-2/h7-10H,3-6,11H2,1-2H3/b9-7-,10-8-. The molecule has 0 N–H and O–H groups in total. The van der Waals surface area contributed by atoms with Crippen molar-refractivity contribution in [3.8, 4) is 0 Å². The normalized spacial score (nSPS) is 11.8. The minimum absolute atomic E-state index is 1.11. The second kappa shape index (κ2) is 9.48. The highest BCUT2D eigenvalue weighted by molar-refractivity contribution is 4.92. The molecule has 0 fully saturated rings. The molecule has 0 spiro atoms. The summed E-state index contributed by atoms with van der Waals surface area (Å²) in [5.74, 6) is 0. The molecule has 0 amide bonds. The Bertz CT molecular complexity index is 95.2. The van der Waals surface area contributed by atoms with Crippen molar-refractivity contribution in [2.24, 2.45) is 0 Å². The van der Waals surface area contributed by atoms with Crippen LogP contribution in [0.2, 0.25) is 0 Å². The van der Waals surface area contributed by atoms with Crippen molar-refractivity contribution in [1.29, 1.82) is 0 Å². The van der Waals surface area contributed by atoms with Crippen LogP contribution in [0.4, 0.5) is 0 Å². The first kappa shape index (κ1) is 10.5. The van der Waals surface area contributed by atoms with Gasteiger partial charge in [-0.15, -0.1) is 0 Å². The summed E-state index contributed by atoms with van der Waals surface area (Å²) < 4.78 is 0. The Hall–Kier alpha value is -0.520. The van der Waals surface area contributed by atoms with Gasteiger partial charge in [-0.05, 0) is 19.3 Å². The van der Waals surface area contributed by atoms with Crippen LogP contribution in [-0.4, -0.2) is 0 Å². The SMILES string of the molecule is CCC/C=C\C/C=C\CCC. The molecule has 0 bridgehead atoms. The van der Waals surface area contributed by atoms with Crippen LogP contribution in [0, 0.1) is 0 Å². The molecule has 0 heteroatoms. The van der Waals surface area contributed by atoms with Crippen LogP contribution in [0.15, 0.2) is 24.3 Å². The van der Waals surface area contributed by atoms with Crippen molar-refractivity contribution < 1.29 is 0 Å². The first-order chi connectivity index (χ1) is 5.41. The zero-order valence-corrected chi connectivity index (χ0v) is 7.84. The molecule has 0 radical (unpaired) electrons. The van der Waals surface area contributed by atoms with E-state index in [9.17, 15) is 0 Å². The Balaban J connectivity index is 3.11. The molecular weight excluding hydrogens is 132 g/mol. The lowest BCUT2D eigenvalue weighted by molar-refractivity contribution is 0.948. The van der Waals surface area contributed by atoms with Gasteiger partial charge < -0.3 is 0 Å². The predicted octanol–water partition coefficient (Wildman–Crippen LogP) is 4.09. The van der Waals surface area contributed by atoms with Gasteiger partial charge in [0.25, 0.3) is 0 Å². The van der Waals surface area contributed by atoms with Crippen molar-refractivity contribution in [1.82, 2.24) is 0 Å². The van der Waals surface area contributed by atoms with Gasteiger partial charge >= 0.3 is 0 Å². The molecule has 64 valence electrons. The quantitative estimate of drug-likeness (QED) is 0.503. The van der Waals surface area contributed by atoms with E-state index < -0.39 is 0 Å². The molecule has 11 heavy (non-hydrogen) atoms. The molecule has 0 aliphatic heterocycles. The molecule has 0 rings (SSSR count). The van der Waals surface area contributed by atoms with Crippen molar-refractivity contribution in [2.45, 2.75) is 46.0 Å². The Morgan fingerprint density at radius 3 is 1.55 bits per heavy atom. The van der Waals surface area contributed by atoms with E-state index in [1.807, 2.05) is 0 Å². The number of rotatable bonds is 6. The lowest BCUT2D eigenvalue weighted by atomic mass is 10.2. The van der Waals surface area contributed by atoms with Crippen molar-refractivity contribution >= 4 is 0 Å². The summed E-state index contributed by atoms with van der Waals surface area (Å²) in [7, 11) is 0. The molecule has 0 aliphatic rings. The van der Waals surface area contributed by atoms with Crippen LogP contribution >= 0.6 is 0 Å². The van der Waals surface area contributed by atoms with Crippen LogP contribution in [0.5, 0.6) is 0 Å². The van der Waals surface area contributed by atoms with Crippen molar-refractivity contribution in [3.05, 3.63) is 24.3 Å². The van der Waals surface area contributed by atoms with Gasteiger partial charge in [0.2, 0.25) is 0 Å². The van der Waals surface area contributed by atoms with Gasteiger partial charge in [0.05, 0.1) is 0 Å². The maximum atomic E-state index is 2.26. The second-order valence-corrected chi connectivity index (χ2v) is 2.76. The topological polar surface area (TPSA) is 0 Å². The highest BCUT2D eigenvalue weighted by Crippen LogP contribution is 1.94. The Morgan fingerprint density at radius 1 is 0.727 bits per heavy atom. The molecule has 0 aromatic carbocycles. The highest BCUT2D eigenvalue weighted by atomic mass is 13.8. The monoisotopic (exact) mass is 152 g/mol. The molecule has 0 heterocycles. The third kappa shape index (κ3) is 9.48. The third-order valence-corrected chi connectivity index (χ3v) is 1.52. The van der Waals surface area contributed by atoms with Gasteiger partial charge in [-0.2, -0.15) is 0 Å². The largest absolute Gasteiger partial charge is 0.0882 e. The average molecular weight is 152 g/mol. The molecule has 0 aliphatic carbocycles. The third-order valence-electron chi connectivity index (χ3n) is 1.52. The highest BCUT2D eigenvalue weighted by Gasteiger charge is 1.73. The van der Waals surface area contributed by atoms with Crippen LogP contribution in [0.1, 0.15) is 46.0 Å². The molecule has 0 saturated heterocycles. The van der Waals surface area contributed by atoms with Crippen molar-refractivity contribution in [2.75, 3.05) is 0 Å². The van der Waals surface area contributed by atoms with E-state index in [-0.39, 0.29) is 0 Å². The lowest BCUT2D eigenvalue weighted by Gasteiger charge is -1.84. The van der Waals surface area contributed by atoms with E-state index in [1.165, 1.54) is 25.7 Å². The Kier molecular flexibility index (Phi) is 9.03. The first-order valence-electron chi connectivity index (χ1n) is 4.71. The minimum Gasteiger partial charge on any atom is -0.0882 e. The van der Waals surface area contributed by atoms with Gasteiger partial charge in [0.15, 0.2) is 0 Å².